The van der Waals surface area contributed by atoms with Gasteiger partial charge in [-0.1, -0.05) is 6.07 Å². The van der Waals surface area contributed by atoms with Crippen LogP contribution >= 0.6 is 0 Å². The zero-order valence-corrected chi connectivity index (χ0v) is 12.5. The Morgan fingerprint density at radius 3 is 2.74 bits per heavy atom. The number of aromatic nitrogens is 1. The van der Waals surface area contributed by atoms with E-state index in [-0.39, 0.29) is 11.7 Å². The average molecular weight is 323 g/mol. The van der Waals surface area contributed by atoms with Crippen molar-refractivity contribution in [3.8, 4) is 0 Å². The number of rotatable bonds is 1. The van der Waals surface area contributed by atoms with Gasteiger partial charge in [0.1, 0.15) is 0 Å². The molecule has 2 amide bonds. The lowest BCUT2D eigenvalue weighted by molar-refractivity contribution is -0.137. The Balaban J connectivity index is 1.75. The van der Waals surface area contributed by atoms with Crippen LogP contribution in [0.4, 0.5) is 23.7 Å². The van der Waals surface area contributed by atoms with Crippen LogP contribution in [-0.2, 0) is 12.7 Å². The maximum absolute atomic E-state index is 12.7. The first-order valence-corrected chi connectivity index (χ1v) is 7.26. The van der Waals surface area contributed by atoms with Gasteiger partial charge in [0.2, 0.25) is 0 Å². The standard InChI is InChI=1S/C16H16F3N3O/c1-11-14-6-3-7-21(14)8-9-22(11)15(23)20-13-5-2-4-12(10-13)16(17,18)19/h2-7,10-11H,8-9H2,1H3,(H,20,23). The first-order chi connectivity index (χ1) is 10.9. The Bertz CT molecular complexity index is 723. The summed E-state index contributed by atoms with van der Waals surface area (Å²) in [5.74, 6) is 0. The van der Waals surface area contributed by atoms with Crippen LogP contribution in [0, 0.1) is 0 Å². The van der Waals surface area contributed by atoms with E-state index in [0.717, 1.165) is 17.8 Å². The highest BCUT2D eigenvalue weighted by atomic mass is 19.4. The summed E-state index contributed by atoms with van der Waals surface area (Å²) in [4.78, 5) is 14.0. The number of hydrogen-bond acceptors (Lipinski definition) is 1. The fraction of sp³-hybridized carbons (Fsp3) is 0.312. The first kappa shape index (κ1) is 15.5. The third-order valence-corrected chi connectivity index (χ3v) is 4.04. The van der Waals surface area contributed by atoms with Gasteiger partial charge in [-0.15, -0.1) is 0 Å². The van der Waals surface area contributed by atoms with Crippen molar-refractivity contribution in [2.24, 2.45) is 0 Å². The highest BCUT2D eigenvalue weighted by Gasteiger charge is 2.31. The molecule has 1 unspecified atom stereocenters. The molecule has 0 aliphatic carbocycles. The summed E-state index contributed by atoms with van der Waals surface area (Å²) >= 11 is 0. The molecule has 7 heteroatoms. The lowest BCUT2D eigenvalue weighted by atomic mass is 10.1. The Morgan fingerprint density at radius 2 is 2.00 bits per heavy atom. The van der Waals surface area contributed by atoms with Crippen LogP contribution in [0.25, 0.3) is 0 Å². The van der Waals surface area contributed by atoms with E-state index >= 15 is 0 Å². The van der Waals surface area contributed by atoms with Crippen LogP contribution in [0.5, 0.6) is 0 Å². The molecule has 0 spiro atoms. The predicted molar refractivity (Wildman–Crippen MR) is 80.0 cm³/mol. The van der Waals surface area contributed by atoms with Crippen molar-refractivity contribution >= 4 is 11.7 Å². The molecule has 1 N–H and O–H groups in total. The average Bonchev–Trinajstić information content (AvgIpc) is 2.96. The largest absolute Gasteiger partial charge is 0.416 e. The van der Waals surface area contributed by atoms with Crippen molar-refractivity contribution in [2.75, 3.05) is 11.9 Å². The van der Waals surface area contributed by atoms with E-state index in [9.17, 15) is 18.0 Å². The fourth-order valence-corrected chi connectivity index (χ4v) is 2.82. The second-order valence-electron chi connectivity index (χ2n) is 5.50. The van der Waals surface area contributed by atoms with Gasteiger partial charge in [-0.25, -0.2) is 4.79 Å². The number of urea groups is 1. The molecule has 0 saturated carbocycles. The van der Waals surface area contributed by atoms with Gasteiger partial charge in [0, 0.05) is 30.7 Å². The van der Waals surface area contributed by atoms with E-state index in [1.54, 1.807) is 4.90 Å². The van der Waals surface area contributed by atoms with Crippen LogP contribution in [0.15, 0.2) is 42.6 Å². The predicted octanol–water partition coefficient (Wildman–Crippen LogP) is 4.12. The van der Waals surface area contributed by atoms with Crippen LogP contribution in [0.1, 0.15) is 24.2 Å². The minimum atomic E-state index is -4.43. The van der Waals surface area contributed by atoms with Crippen LogP contribution < -0.4 is 5.32 Å². The Hall–Kier alpha value is -2.44. The molecule has 2 aromatic rings. The summed E-state index contributed by atoms with van der Waals surface area (Å²) in [5, 5.41) is 2.56. The topological polar surface area (TPSA) is 37.3 Å². The van der Waals surface area contributed by atoms with E-state index in [0.29, 0.717) is 13.1 Å². The highest BCUT2D eigenvalue weighted by molar-refractivity contribution is 5.89. The third kappa shape index (κ3) is 3.04. The number of anilines is 1. The normalized spacial score (nSPS) is 17.7. The van der Waals surface area contributed by atoms with Gasteiger partial charge in [0.15, 0.2) is 0 Å². The van der Waals surface area contributed by atoms with E-state index in [1.807, 2.05) is 25.3 Å². The number of nitrogens with one attached hydrogen (secondary N) is 1. The number of hydrogen-bond donors (Lipinski definition) is 1. The lowest BCUT2D eigenvalue weighted by Crippen LogP contribution is -2.43. The zero-order valence-electron chi connectivity index (χ0n) is 12.5. The molecule has 3 rings (SSSR count). The zero-order chi connectivity index (χ0) is 16.6. The number of alkyl halides is 3. The molecule has 4 nitrogen and oxygen atoms in total. The summed E-state index contributed by atoms with van der Waals surface area (Å²) in [6, 6.07) is 7.97. The fourth-order valence-electron chi connectivity index (χ4n) is 2.82. The molecule has 1 aromatic heterocycles. The number of nitrogens with zero attached hydrogens (tertiary/aromatic N) is 2. The van der Waals surface area contributed by atoms with Crippen molar-refractivity contribution in [3.63, 3.8) is 0 Å². The SMILES string of the molecule is CC1c2cccn2CCN1C(=O)Nc1cccc(C(F)(F)F)c1. The Kier molecular flexibility index (Phi) is 3.79. The van der Waals surface area contributed by atoms with Crippen LogP contribution in [0.2, 0.25) is 0 Å². The number of carbonyl (C=O) groups is 1. The molecular weight excluding hydrogens is 307 g/mol. The van der Waals surface area contributed by atoms with E-state index in [1.165, 1.54) is 12.1 Å². The molecular formula is C16H16F3N3O. The van der Waals surface area contributed by atoms with E-state index in [2.05, 4.69) is 9.88 Å². The molecule has 122 valence electrons. The monoisotopic (exact) mass is 323 g/mol. The smallest absolute Gasteiger partial charge is 0.348 e. The van der Waals surface area contributed by atoms with Gasteiger partial charge in [-0.05, 0) is 37.3 Å². The van der Waals surface area contributed by atoms with Gasteiger partial charge in [-0.3, -0.25) is 0 Å². The van der Waals surface area contributed by atoms with Gasteiger partial charge in [-0.2, -0.15) is 13.2 Å². The molecule has 1 atom stereocenters. The molecule has 0 bridgehead atoms. The molecule has 0 saturated heterocycles. The number of fused-ring (bicyclic) bond motifs is 1. The van der Waals surface area contributed by atoms with E-state index < -0.39 is 17.8 Å². The summed E-state index contributed by atoms with van der Waals surface area (Å²) < 4.78 is 40.2. The highest BCUT2D eigenvalue weighted by Crippen LogP contribution is 2.31. The Labute approximate surface area is 131 Å². The Morgan fingerprint density at radius 1 is 1.22 bits per heavy atom. The number of halogens is 3. The molecule has 1 aliphatic rings. The summed E-state index contributed by atoms with van der Waals surface area (Å²) in [7, 11) is 0. The lowest BCUT2D eigenvalue weighted by Gasteiger charge is -2.34. The molecule has 2 heterocycles. The summed E-state index contributed by atoms with van der Waals surface area (Å²) in [6.07, 6.45) is -2.48. The minimum Gasteiger partial charge on any atom is -0.348 e. The van der Waals surface area contributed by atoms with Gasteiger partial charge < -0.3 is 14.8 Å². The molecule has 23 heavy (non-hydrogen) atoms. The van der Waals surface area contributed by atoms with Crippen molar-refractivity contribution < 1.29 is 18.0 Å². The van der Waals surface area contributed by atoms with Crippen molar-refractivity contribution in [2.45, 2.75) is 25.7 Å². The summed E-state index contributed by atoms with van der Waals surface area (Å²) in [6.45, 7) is 3.08. The third-order valence-electron chi connectivity index (χ3n) is 4.04. The first-order valence-electron chi connectivity index (χ1n) is 7.26. The molecule has 1 aliphatic heterocycles. The second kappa shape index (κ2) is 5.64. The van der Waals surface area contributed by atoms with Crippen molar-refractivity contribution in [3.05, 3.63) is 53.9 Å². The molecule has 0 radical (unpaired) electrons. The molecule has 0 fully saturated rings. The second-order valence-corrected chi connectivity index (χ2v) is 5.50. The molecule has 1 aromatic carbocycles. The van der Waals surface area contributed by atoms with Crippen LogP contribution in [0.3, 0.4) is 0 Å². The number of carbonyl (C=O) groups excluding carboxylic acids is 1. The van der Waals surface area contributed by atoms with Gasteiger partial charge in [0.05, 0.1) is 11.6 Å². The van der Waals surface area contributed by atoms with Crippen molar-refractivity contribution in [1.82, 2.24) is 9.47 Å². The quantitative estimate of drug-likeness (QED) is 0.842. The maximum Gasteiger partial charge on any atom is 0.416 e. The van der Waals surface area contributed by atoms with Gasteiger partial charge in [0.25, 0.3) is 0 Å². The minimum absolute atomic E-state index is 0.135. The maximum atomic E-state index is 12.7. The number of amides is 2. The van der Waals surface area contributed by atoms with Crippen LogP contribution in [-0.4, -0.2) is 22.0 Å². The van der Waals surface area contributed by atoms with E-state index in [4.69, 9.17) is 0 Å². The summed E-state index contributed by atoms with van der Waals surface area (Å²) in [5.41, 5.74) is 0.365. The van der Waals surface area contributed by atoms with Gasteiger partial charge >= 0.3 is 12.2 Å². The van der Waals surface area contributed by atoms with Crippen molar-refractivity contribution in [1.29, 1.82) is 0 Å². The number of benzene rings is 1.